The van der Waals surface area contributed by atoms with Gasteiger partial charge in [0.1, 0.15) is 0 Å². The van der Waals surface area contributed by atoms with Crippen molar-refractivity contribution < 1.29 is 4.74 Å². The third kappa shape index (κ3) is 3.45. The first kappa shape index (κ1) is 13.8. The Labute approximate surface area is 114 Å². The van der Waals surface area contributed by atoms with Gasteiger partial charge < -0.3 is 10.5 Å². The first-order valence-corrected chi connectivity index (χ1v) is 6.71. The van der Waals surface area contributed by atoms with E-state index in [9.17, 15) is 0 Å². The van der Waals surface area contributed by atoms with Crippen LogP contribution in [-0.4, -0.2) is 36.2 Å². The first-order chi connectivity index (χ1) is 8.50. The molecule has 0 aromatic heterocycles. The van der Waals surface area contributed by atoms with Gasteiger partial charge in [-0.25, -0.2) is 0 Å². The Kier molecular flexibility index (Phi) is 4.28. The van der Waals surface area contributed by atoms with Gasteiger partial charge in [0, 0.05) is 31.2 Å². The molecule has 0 radical (unpaired) electrons. The van der Waals surface area contributed by atoms with E-state index in [0.717, 1.165) is 30.2 Å². The summed E-state index contributed by atoms with van der Waals surface area (Å²) < 4.78 is 5.92. The van der Waals surface area contributed by atoms with Crippen molar-refractivity contribution in [2.24, 2.45) is 5.73 Å². The van der Waals surface area contributed by atoms with Gasteiger partial charge in [0.05, 0.1) is 11.7 Å². The van der Waals surface area contributed by atoms with Crippen molar-refractivity contribution in [1.29, 1.82) is 0 Å². The monoisotopic (exact) mass is 268 g/mol. The van der Waals surface area contributed by atoms with Crippen LogP contribution in [0.3, 0.4) is 0 Å². The van der Waals surface area contributed by atoms with Crippen LogP contribution < -0.4 is 5.73 Å². The molecule has 1 aliphatic heterocycles. The molecule has 2 rings (SSSR count). The van der Waals surface area contributed by atoms with Gasteiger partial charge >= 0.3 is 0 Å². The molecule has 0 bridgehead atoms. The van der Waals surface area contributed by atoms with E-state index in [-0.39, 0.29) is 11.7 Å². The normalized spacial score (nSPS) is 24.1. The van der Waals surface area contributed by atoms with Gasteiger partial charge in [-0.15, -0.1) is 0 Å². The van der Waals surface area contributed by atoms with Crippen LogP contribution in [0.1, 0.15) is 19.4 Å². The largest absolute Gasteiger partial charge is 0.368 e. The molecule has 0 aliphatic carbocycles. The topological polar surface area (TPSA) is 38.5 Å². The number of morpholine rings is 1. The summed E-state index contributed by atoms with van der Waals surface area (Å²) in [6.45, 7) is 7.38. The maximum Gasteiger partial charge on any atom is 0.0831 e. The van der Waals surface area contributed by atoms with E-state index in [1.54, 1.807) is 0 Å². The van der Waals surface area contributed by atoms with Crippen LogP contribution in [0.5, 0.6) is 0 Å². The van der Waals surface area contributed by atoms with E-state index in [0.29, 0.717) is 6.54 Å². The van der Waals surface area contributed by atoms with Crippen molar-refractivity contribution in [2.45, 2.75) is 32.1 Å². The molecule has 1 heterocycles. The first-order valence-electron chi connectivity index (χ1n) is 6.34. The fraction of sp³-hybridized carbons (Fsp3) is 0.571. The second-order valence-corrected chi connectivity index (χ2v) is 5.90. The molecule has 2 N–H and O–H groups in total. The van der Waals surface area contributed by atoms with Gasteiger partial charge in [-0.2, -0.15) is 0 Å². The molecule has 0 spiro atoms. The van der Waals surface area contributed by atoms with E-state index in [2.05, 4.69) is 24.8 Å². The summed E-state index contributed by atoms with van der Waals surface area (Å²) in [4.78, 5) is 2.36. The molecule has 0 saturated carbocycles. The van der Waals surface area contributed by atoms with E-state index in [1.807, 2.05) is 18.2 Å². The summed E-state index contributed by atoms with van der Waals surface area (Å²) in [7, 11) is 0. The molecular weight excluding hydrogens is 248 g/mol. The van der Waals surface area contributed by atoms with Crippen LogP contribution in [0.15, 0.2) is 24.3 Å². The van der Waals surface area contributed by atoms with Crippen LogP contribution in [-0.2, 0) is 11.3 Å². The molecule has 18 heavy (non-hydrogen) atoms. The molecule has 100 valence electrons. The summed E-state index contributed by atoms with van der Waals surface area (Å²) in [5.41, 5.74) is 6.74. The molecule has 3 nitrogen and oxygen atoms in total. The minimum Gasteiger partial charge on any atom is -0.368 e. The van der Waals surface area contributed by atoms with Crippen molar-refractivity contribution >= 4 is 11.6 Å². The predicted molar refractivity (Wildman–Crippen MR) is 74.7 cm³/mol. The molecular formula is C14H21ClN2O. The average Bonchev–Trinajstić information content (AvgIpc) is 2.30. The van der Waals surface area contributed by atoms with E-state index in [4.69, 9.17) is 22.1 Å². The zero-order valence-corrected chi connectivity index (χ0v) is 11.8. The summed E-state index contributed by atoms with van der Waals surface area (Å²) >= 11 is 6.20. The van der Waals surface area contributed by atoms with Crippen LogP contribution in [0.2, 0.25) is 5.02 Å². The lowest BCUT2D eigenvalue weighted by atomic mass is 10.0. The van der Waals surface area contributed by atoms with Gasteiger partial charge in [-0.3, -0.25) is 4.90 Å². The maximum absolute atomic E-state index is 6.20. The minimum absolute atomic E-state index is 0.108. The highest BCUT2D eigenvalue weighted by atomic mass is 35.5. The molecule has 4 heteroatoms. The summed E-state index contributed by atoms with van der Waals surface area (Å²) in [5.74, 6) is 0. The Morgan fingerprint density at radius 3 is 2.83 bits per heavy atom. The number of hydrogen-bond acceptors (Lipinski definition) is 3. The second-order valence-electron chi connectivity index (χ2n) is 5.50. The third-order valence-electron chi connectivity index (χ3n) is 3.17. The summed E-state index contributed by atoms with van der Waals surface area (Å²) in [6.07, 6.45) is 0.108. The zero-order chi connectivity index (χ0) is 13.2. The standard InChI is InChI=1S/C14H21ClN2O/c1-14(2)10-17(9-12(7-16)18-14)8-11-5-3-4-6-13(11)15/h3-6,12H,7-10,16H2,1-2H3. The minimum atomic E-state index is -0.149. The van der Waals surface area contributed by atoms with Crippen molar-refractivity contribution in [3.63, 3.8) is 0 Å². The van der Waals surface area contributed by atoms with Crippen molar-refractivity contribution in [3.05, 3.63) is 34.9 Å². The number of nitrogens with zero attached hydrogens (tertiary/aromatic N) is 1. The molecule has 1 fully saturated rings. The molecule has 1 unspecified atom stereocenters. The van der Waals surface area contributed by atoms with Gasteiger partial charge in [-0.05, 0) is 25.5 Å². The highest BCUT2D eigenvalue weighted by Gasteiger charge is 2.32. The molecule has 0 amide bonds. The molecule has 1 aliphatic rings. The third-order valence-corrected chi connectivity index (χ3v) is 3.54. The van der Waals surface area contributed by atoms with Crippen LogP contribution in [0.25, 0.3) is 0 Å². The summed E-state index contributed by atoms with van der Waals surface area (Å²) in [5, 5.41) is 0.825. The van der Waals surface area contributed by atoms with E-state index >= 15 is 0 Å². The van der Waals surface area contributed by atoms with Crippen molar-refractivity contribution in [2.75, 3.05) is 19.6 Å². The number of nitrogens with two attached hydrogens (primary N) is 1. The average molecular weight is 269 g/mol. The Hall–Kier alpha value is -0.610. The number of hydrogen-bond donors (Lipinski definition) is 1. The van der Waals surface area contributed by atoms with Crippen LogP contribution >= 0.6 is 11.6 Å². The summed E-state index contributed by atoms with van der Waals surface area (Å²) in [6, 6.07) is 7.98. The highest BCUT2D eigenvalue weighted by molar-refractivity contribution is 6.31. The molecule has 1 aromatic rings. The van der Waals surface area contributed by atoms with Gasteiger partial charge in [0.15, 0.2) is 0 Å². The fourth-order valence-electron chi connectivity index (χ4n) is 2.53. The fourth-order valence-corrected chi connectivity index (χ4v) is 2.72. The smallest absolute Gasteiger partial charge is 0.0831 e. The van der Waals surface area contributed by atoms with Gasteiger partial charge in [0.25, 0.3) is 0 Å². The lowest BCUT2D eigenvalue weighted by Gasteiger charge is -2.42. The molecule has 1 saturated heterocycles. The number of rotatable bonds is 3. The Balaban J connectivity index is 2.07. The predicted octanol–water partition coefficient (Wildman–Crippen LogP) is 2.28. The molecule has 1 aromatic carbocycles. The van der Waals surface area contributed by atoms with Crippen molar-refractivity contribution in [3.8, 4) is 0 Å². The maximum atomic E-state index is 6.20. The number of halogens is 1. The van der Waals surface area contributed by atoms with Crippen LogP contribution in [0, 0.1) is 0 Å². The Morgan fingerprint density at radius 1 is 1.44 bits per heavy atom. The Bertz CT molecular complexity index is 409. The second kappa shape index (κ2) is 5.57. The quantitative estimate of drug-likeness (QED) is 0.914. The van der Waals surface area contributed by atoms with Gasteiger partial charge in [-0.1, -0.05) is 29.8 Å². The zero-order valence-electron chi connectivity index (χ0n) is 11.0. The molecule has 1 atom stereocenters. The number of ether oxygens (including phenoxy) is 1. The van der Waals surface area contributed by atoms with Crippen LogP contribution in [0.4, 0.5) is 0 Å². The van der Waals surface area contributed by atoms with E-state index < -0.39 is 0 Å². The van der Waals surface area contributed by atoms with Crippen molar-refractivity contribution in [1.82, 2.24) is 4.90 Å². The van der Waals surface area contributed by atoms with E-state index in [1.165, 1.54) is 0 Å². The lowest BCUT2D eigenvalue weighted by Crippen LogP contribution is -2.54. The highest BCUT2D eigenvalue weighted by Crippen LogP contribution is 2.24. The number of benzene rings is 1. The SMILES string of the molecule is CC1(C)CN(Cc2ccccc2Cl)CC(CN)O1. The Morgan fingerprint density at radius 2 is 2.17 bits per heavy atom. The lowest BCUT2D eigenvalue weighted by molar-refractivity contribution is -0.133. The van der Waals surface area contributed by atoms with Gasteiger partial charge in [0.2, 0.25) is 0 Å².